The number of benzene rings is 1. The standard InChI is InChI=1S/C20H21N5O2/c1-2-24-9-11-25(12-10-24)20(27)18-13-16(7-8-22-18)19(26)23-17-5-3-15(14-21)4-6-17/h3-8,13H,2,9-12H2,1H3,(H,23,26). The molecule has 7 heteroatoms. The molecule has 2 amide bonds. The fourth-order valence-corrected chi connectivity index (χ4v) is 2.95. The van der Waals surface area contributed by atoms with Gasteiger partial charge in [-0.25, -0.2) is 0 Å². The average Bonchev–Trinajstić information content (AvgIpc) is 2.74. The van der Waals surface area contributed by atoms with Crippen molar-refractivity contribution in [2.75, 3.05) is 38.0 Å². The van der Waals surface area contributed by atoms with Gasteiger partial charge in [0.2, 0.25) is 0 Å². The van der Waals surface area contributed by atoms with Gasteiger partial charge in [-0.05, 0) is 42.9 Å². The van der Waals surface area contributed by atoms with Crippen LogP contribution in [-0.2, 0) is 0 Å². The number of rotatable bonds is 4. The minimum absolute atomic E-state index is 0.154. The molecule has 3 rings (SSSR count). The molecule has 1 fully saturated rings. The van der Waals surface area contributed by atoms with Crippen LogP contribution in [0.25, 0.3) is 0 Å². The fourth-order valence-electron chi connectivity index (χ4n) is 2.95. The van der Waals surface area contributed by atoms with Crippen molar-refractivity contribution < 1.29 is 9.59 Å². The summed E-state index contributed by atoms with van der Waals surface area (Å²) in [6.45, 7) is 6.11. The van der Waals surface area contributed by atoms with Gasteiger partial charge in [0.25, 0.3) is 11.8 Å². The predicted octanol–water partition coefficient (Wildman–Crippen LogP) is 1.98. The lowest BCUT2D eigenvalue weighted by Crippen LogP contribution is -2.48. The third-order valence-corrected chi connectivity index (χ3v) is 4.62. The Balaban J connectivity index is 1.68. The summed E-state index contributed by atoms with van der Waals surface area (Å²) in [5.41, 5.74) is 1.74. The van der Waals surface area contributed by atoms with E-state index in [-0.39, 0.29) is 17.5 Å². The lowest BCUT2D eigenvalue weighted by Gasteiger charge is -2.33. The monoisotopic (exact) mass is 363 g/mol. The van der Waals surface area contributed by atoms with Gasteiger partial charge < -0.3 is 15.1 Å². The van der Waals surface area contributed by atoms with Crippen LogP contribution in [0.15, 0.2) is 42.6 Å². The molecule has 7 nitrogen and oxygen atoms in total. The third kappa shape index (κ3) is 4.49. The first-order valence-electron chi connectivity index (χ1n) is 8.90. The number of hydrogen-bond donors (Lipinski definition) is 1. The molecule has 0 bridgehead atoms. The summed E-state index contributed by atoms with van der Waals surface area (Å²) in [5, 5.41) is 11.6. The van der Waals surface area contributed by atoms with Crippen LogP contribution in [-0.4, -0.2) is 59.3 Å². The Labute approximate surface area is 158 Å². The highest BCUT2D eigenvalue weighted by atomic mass is 16.2. The minimum Gasteiger partial charge on any atom is -0.335 e. The molecule has 0 radical (unpaired) electrons. The average molecular weight is 363 g/mol. The maximum absolute atomic E-state index is 12.7. The van der Waals surface area contributed by atoms with Gasteiger partial charge in [0.1, 0.15) is 5.69 Å². The number of nitrogens with zero attached hydrogens (tertiary/aromatic N) is 4. The first-order valence-corrected chi connectivity index (χ1v) is 8.90. The van der Waals surface area contributed by atoms with Crippen molar-refractivity contribution in [1.82, 2.24) is 14.8 Å². The highest BCUT2D eigenvalue weighted by molar-refractivity contribution is 6.05. The van der Waals surface area contributed by atoms with Crippen LogP contribution >= 0.6 is 0 Å². The molecular formula is C20H21N5O2. The number of carbonyl (C=O) groups is 2. The lowest BCUT2D eigenvalue weighted by molar-refractivity contribution is 0.0637. The molecular weight excluding hydrogens is 342 g/mol. The molecule has 2 heterocycles. The number of nitrogens with one attached hydrogen (secondary N) is 1. The number of anilines is 1. The third-order valence-electron chi connectivity index (χ3n) is 4.62. The Hall–Kier alpha value is -3.24. The maximum atomic E-state index is 12.7. The number of aromatic nitrogens is 1. The van der Waals surface area contributed by atoms with Crippen LogP contribution < -0.4 is 5.32 Å². The number of hydrogen-bond acceptors (Lipinski definition) is 5. The van der Waals surface area contributed by atoms with Crippen molar-refractivity contribution >= 4 is 17.5 Å². The second-order valence-electron chi connectivity index (χ2n) is 6.30. The first-order chi connectivity index (χ1) is 13.1. The van der Waals surface area contributed by atoms with Gasteiger partial charge in [-0.3, -0.25) is 14.6 Å². The second kappa shape index (κ2) is 8.43. The molecule has 0 aliphatic carbocycles. The summed E-state index contributed by atoms with van der Waals surface area (Å²) < 4.78 is 0. The zero-order valence-corrected chi connectivity index (χ0v) is 15.2. The second-order valence-corrected chi connectivity index (χ2v) is 6.30. The molecule has 0 saturated carbocycles. The topological polar surface area (TPSA) is 89.3 Å². The number of amides is 2. The van der Waals surface area contributed by atoms with Crippen molar-refractivity contribution in [3.63, 3.8) is 0 Å². The van der Waals surface area contributed by atoms with E-state index in [0.29, 0.717) is 29.9 Å². The SMILES string of the molecule is CCN1CCN(C(=O)c2cc(C(=O)Nc3ccc(C#N)cc3)ccn2)CC1. The van der Waals surface area contributed by atoms with E-state index in [0.717, 1.165) is 19.6 Å². The van der Waals surface area contributed by atoms with Crippen LogP contribution in [0.5, 0.6) is 0 Å². The van der Waals surface area contributed by atoms with Gasteiger partial charge in [-0.1, -0.05) is 6.92 Å². The Bertz CT molecular complexity index is 865. The van der Waals surface area contributed by atoms with Crippen LogP contribution in [0.3, 0.4) is 0 Å². The Morgan fingerprint density at radius 1 is 1.15 bits per heavy atom. The molecule has 1 aliphatic rings. The van der Waals surface area contributed by atoms with Gasteiger partial charge in [0.15, 0.2) is 0 Å². The molecule has 1 N–H and O–H groups in total. The lowest BCUT2D eigenvalue weighted by atomic mass is 10.1. The number of piperazine rings is 1. The van der Waals surface area contributed by atoms with Gasteiger partial charge in [0, 0.05) is 43.6 Å². The normalized spacial score (nSPS) is 14.4. The van der Waals surface area contributed by atoms with E-state index < -0.39 is 0 Å². The summed E-state index contributed by atoms with van der Waals surface area (Å²) in [5.74, 6) is -0.481. The van der Waals surface area contributed by atoms with Crippen molar-refractivity contribution in [3.05, 3.63) is 59.4 Å². The van der Waals surface area contributed by atoms with E-state index in [2.05, 4.69) is 22.1 Å². The van der Waals surface area contributed by atoms with E-state index >= 15 is 0 Å². The van der Waals surface area contributed by atoms with Crippen LogP contribution in [0.1, 0.15) is 33.3 Å². The van der Waals surface area contributed by atoms with E-state index in [1.54, 1.807) is 35.2 Å². The number of carbonyl (C=O) groups excluding carboxylic acids is 2. The molecule has 1 saturated heterocycles. The highest BCUT2D eigenvalue weighted by Crippen LogP contribution is 2.13. The van der Waals surface area contributed by atoms with Crippen LogP contribution in [0.2, 0.25) is 0 Å². The van der Waals surface area contributed by atoms with Crippen LogP contribution in [0, 0.1) is 11.3 Å². The minimum atomic E-state index is -0.327. The van der Waals surface area contributed by atoms with Gasteiger partial charge >= 0.3 is 0 Å². The fraction of sp³-hybridized carbons (Fsp3) is 0.300. The van der Waals surface area contributed by atoms with Gasteiger partial charge in [-0.15, -0.1) is 0 Å². The zero-order valence-electron chi connectivity index (χ0n) is 15.2. The molecule has 0 spiro atoms. The zero-order chi connectivity index (χ0) is 19.2. The van der Waals surface area contributed by atoms with E-state index in [4.69, 9.17) is 5.26 Å². The molecule has 1 aliphatic heterocycles. The van der Waals surface area contributed by atoms with Crippen molar-refractivity contribution in [1.29, 1.82) is 5.26 Å². The van der Waals surface area contributed by atoms with E-state index in [9.17, 15) is 9.59 Å². The first kappa shape index (κ1) is 18.5. The maximum Gasteiger partial charge on any atom is 0.272 e. The Morgan fingerprint density at radius 2 is 1.85 bits per heavy atom. The van der Waals surface area contributed by atoms with Gasteiger partial charge in [0.05, 0.1) is 11.6 Å². The molecule has 138 valence electrons. The number of pyridine rings is 1. The summed E-state index contributed by atoms with van der Waals surface area (Å²) in [6, 6.07) is 11.7. The highest BCUT2D eigenvalue weighted by Gasteiger charge is 2.22. The van der Waals surface area contributed by atoms with Crippen LogP contribution in [0.4, 0.5) is 5.69 Å². The molecule has 1 aromatic heterocycles. The Kier molecular flexibility index (Phi) is 5.79. The molecule has 27 heavy (non-hydrogen) atoms. The molecule has 1 aromatic carbocycles. The number of likely N-dealkylation sites (N-methyl/N-ethyl adjacent to an activating group) is 1. The van der Waals surface area contributed by atoms with E-state index in [1.807, 2.05) is 6.07 Å². The van der Waals surface area contributed by atoms with Gasteiger partial charge in [-0.2, -0.15) is 5.26 Å². The largest absolute Gasteiger partial charge is 0.335 e. The summed E-state index contributed by atoms with van der Waals surface area (Å²) >= 11 is 0. The molecule has 2 aromatic rings. The Morgan fingerprint density at radius 3 is 2.48 bits per heavy atom. The van der Waals surface area contributed by atoms with Crippen molar-refractivity contribution in [2.24, 2.45) is 0 Å². The summed E-state index contributed by atoms with van der Waals surface area (Å²) in [6.07, 6.45) is 1.48. The predicted molar refractivity (Wildman–Crippen MR) is 101 cm³/mol. The summed E-state index contributed by atoms with van der Waals surface area (Å²) in [7, 11) is 0. The molecule has 0 unspecified atom stereocenters. The quantitative estimate of drug-likeness (QED) is 0.897. The smallest absolute Gasteiger partial charge is 0.272 e. The molecule has 0 atom stereocenters. The van der Waals surface area contributed by atoms with Crippen molar-refractivity contribution in [3.8, 4) is 6.07 Å². The number of nitriles is 1. The summed E-state index contributed by atoms with van der Waals surface area (Å²) in [4.78, 5) is 33.4. The van der Waals surface area contributed by atoms with Crippen molar-refractivity contribution in [2.45, 2.75) is 6.92 Å². The van der Waals surface area contributed by atoms with E-state index in [1.165, 1.54) is 12.3 Å².